The molecule has 1 saturated heterocycles. The first kappa shape index (κ1) is 16.1. The van der Waals surface area contributed by atoms with Crippen LogP contribution in [0.1, 0.15) is 65.7 Å². The largest absolute Gasteiger partial charge is 0.396 e. The van der Waals surface area contributed by atoms with Gasteiger partial charge < -0.3 is 14.9 Å². The number of epoxide rings is 1. The van der Waals surface area contributed by atoms with E-state index >= 15 is 0 Å². The second kappa shape index (κ2) is 4.42. The number of rotatable bonds is 2. The van der Waals surface area contributed by atoms with Gasteiger partial charge in [0.2, 0.25) is 0 Å². The van der Waals surface area contributed by atoms with Crippen LogP contribution in [-0.4, -0.2) is 34.1 Å². The highest BCUT2D eigenvalue weighted by molar-refractivity contribution is 5.32. The fraction of sp³-hybridized carbons (Fsp3) is 0.900. The van der Waals surface area contributed by atoms with E-state index < -0.39 is 5.60 Å². The van der Waals surface area contributed by atoms with Crippen LogP contribution in [-0.2, 0) is 4.74 Å². The van der Waals surface area contributed by atoms with E-state index in [0.29, 0.717) is 5.92 Å². The number of allylic oxidation sites excluding steroid dienone is 1. The first-order valence-electron chi connectivity index (χ1n) is 9.33. The monoisotopic (exact) mass is 320 g/mol. The third kappa shape index (κ3) is 1.72. The number of aliphatic hydroxyl groups excluding tert-OH is 1. The van der Waals surface area contributed by atoms with Crippen LogP contribution in [0, 0.1) is 22.2 Å². The minimum Gasteiger partial charge on any atom is -0.396 e. The van der Waals surface area contributed by atoms with Crippen molar-refractivity contribution in [2.75, 3.05) is 6.61 Å². The first-order chi connectivity index (χ1) is 10.7. The molecule has 0 aromatic carbocycles. The van der Waals surface area contributed by atoms with Crippen molar-refractivity contribution in [3.63, 3.8) is 0 Å². The summed E-state index contributed by atoms with van der Waals surface area (Å²) in [6.45, 7) is 11.0. The second-order valence-electron chi connectivity index (χ2n) is 9.79. The van der Waals surface area contributed by atoms with E-state index in [1.807, 2.05) is 6.08 Å². The van der Waals surface area contributed by atoms with Crippen LogP contribution in [0.3, 0.4) is 0 Å². The lowest BCUT2D eigenvalue weighted by atomic mass is 9.41. The quantitative estimate of drug-likeness (QED) is 0.605. The second-order valence-corrected chi connectivity index (χ2v) is 9.79. The molecule has 3 aliphatic carbocycles. The molecule has 3 nitrogen and oxygen atoms in total. The van der Waals surface area contributed by atoms with Gasteiger partial charge in [0.1, 0.15) is 5.60 Å². The Morgan fingerprint density at radius 2 is 1.96 bits per heavy atom. The van der Waals surface area contributed by atoms with Crippen LogP contribution in [0.2, 0.25) is 0 Å². The predicted octanol–water partition coefficient (Wildman–Crippen LogP) is 3.44. The van der Waals surface area contributed by atoms with E-state index in [1.54, 1.807) is 0 Å². The third-order valence-corrected chi connectivity index (χ3v) is 8.37. The minimum atomic E-state index is -0.738. The van der Waals surface area contributed by atoms with Crippen molar-refractivity contribution in [3.05, 3.63) is 12.7 Å². The highest BCUT2D eigenvalue weighted by Crippen LogP contribution is 2.75. The summed E-state index contributed by atoms with van der Waals surface area (Å²) in [6, 6.07) is 0. The molecule has 0 radical (unpaired) electrons. The third-order valence-electron chi connectivity index (χ3n) is 8.37. The van der Waals surface area contributed by atoms with Crippen LogP contribution in [0.5, 0.6) is 0 Å². The Morgan fingerprint density at radius 1 is 1.22 bits per heavy atom. The molecule has 0 unspecified atom stereocenters. The number of aliphatic hydroxyl groups is 2. The summed E-state index contributed by atoms with van der Waals surface area (Å²) in [6.07, 6.45) is 9.01. The minimum absolute atomic E-state index is 0.0249. The fourth-order valence-corrected chi connectivity index (χ4v) is 7.20. The lowest BCUT2D eigenvalue weighted by molar-refractivity contribution is -0.208. The zero-order valence-corrected chi connectivity index (χ0v) is 14.9. The molecular weight excluding hydrogens is 288 g/mol. The summed E-state index contributed by atoms with van der Waals surface area (Å²) in [7, 11) is 0. The molecule has 0 amide bonds. The molecule has 3 saturated carbocycles. The van der Waals surface area contributed by atoms with Gasteiger partial charge in [0, 0.05) is 12.0 Å². The zero-order valence-electron chi connectivity index (χ0n) is 14.9. The average Bonchev–Trinajstić information content (AvgIpc) is 3.22. The van der Waals surface area contributed by atoms with Crippen molar-refractivity contribution in [3.8, 4) is 0 Å². The summed E-state index contributed by atoms with van der Waals surface area (Å²) in [5.41, 5.74) is -1.21. The SMILES string of the molecule is C=C[C@]1(C)C[C@H]2O[C@@]23[C@@](O)(CC[C@@H]2[C@](C)(CO)CCC[C@]23C)C1. The molecular formula is C20H32O3. The van der Waals surface area contributed by atoms with E-state index in [1.165, 1.54) is 0 Å². The van der Waals surface area contributed by atoms with Gasteiger partial charge in [-0.2, -0.15) is 0 Å². The molecule has 4 fully saturated rings. The number of fused-ring (bicyclic) bond motifs is 1. The van der Waals surface area contributed by atoms with Crippen LogP contribution in [0.25, 0.3) is 0 Å². The number of hydrogen-bond donors (Lipinski definition) is 2. The zero-order chi connectivity index (χ0) is 16.7. The lowest BCUT2D eigenvalue weighted by Crippen LogP contribution is -2.68. The van der Waals surface area contributed by atoms with Gasteiger partial charge in [-0.15, -0.1) is 6.58 Å². The summed E-state index contributed by atoms with van der Waals surface area (Å²) < 4.78 is 6.40. The van der Waals surface area contributed by atoms with Gasteiger partial charge in [-0.3, -0.25) is 0 Å². The van der Waals surface area contributed by atoms with Gasteiger partial charge in [-0.1, -0.05) is 33.3 Å². The summed E-state index contributed by atoms with van der Waals surface area (Å²) >= 11 is 0. The smallest absolute Gasteiger partial charge is 0.129 e. The van der Waals surface area contributed by atoms with Gasteiger partial charge in [0.05, 0.1) is 11.7 Å². The predicted molar refractivity (Wildman–Crippen MR) is 90.0 cm³/mol. The van der Waals surface area contributed by atoms with Crippen molar-refractivity contribution in [1.29, 1.82) is 0 Å². The maximum atomic E-state index is 11.7. The molecule has 1 spiro atoms. The van der Waals surface area contributed by atoms with Crippen LogP contribution in [0.4, 0.5) is 0 Å². The number of ether oxygens (including phenoxy) is 1. The van der Waals surface area contributed by atoms with Crippen LogP contribution >= 0.6 is 0 Å². The van der Waals surface area contributed by atoms with Gasteiger partial charge in [0.15, 0.2) is 0 Å². The Kier molecular flexibility index (Phi) is 3.09. The molecule has 3 heteroatoms. The van der Waals surface area contributed by atoms with E-state index in [0.717, 1.165) is 44.9 Å². The molecule has 0 aromatic rings. The summed E-state index contributed by atoms with van der Waals surface area (Å²) in [5.74, 6) is 0.437. The Hall–Kier alpha value is -0.380. The maximum absolute atomic E-state index is 11.7. The van der Waals surface area contributed by atoms with Crippen LogP contribution in [0.15, 0.2) is 12.7 Å². The Bertz CT molecular complexity index is 547. The average molecular weight is 320 g/mol. The topological polar surface area (TPSA) is 53.0 Å². The van der Waals surface area contributed by atoms with Crippen molar-refractivity contribution in [1.82, 2.24) is 0 Å². The van der Waals surface area contributed by atoms with Crippen molar-refractivity contribution < 1.29 is 14.9 Å². The summed E-state index contributed by atoms with van der Waals surface area (Å²) in [5, 5.41) is 21.7. The van der Waals surface area contributed by atoms with Crippen molar-refractivity contribution >= 4 is 0 Å². The molecule has 4 aliphatic rings. The Morgan fingerprint density at radius 3 is 2.61 bits per heavy atom. The first-order valence-corrected chi connectivity index (χ1v) is 9.33. The van der Waals surface area contributed by atoms with E-state index in [-0.39, 0.29) is 34.6 Å². The van der Waals surface area contributed by atoms with E-state index in [9.17, 15) is 10.2 Å². The van der Waals surface area contributed by atoms with E-state index in [4.69, 9.17) is 4.74 Å². The molecule has 0 bridgehead atoms. The normalized spacial score (nSPS) is 61.1. The maximum Gasteiger partial charge on any atom is 0.129 e. The van der Waals surface area contributed by atoms with Crippen molar-refractivity contribution in [2.45, 2.75) is 83.0 Å². The molecule has 130 valence electrons. The molecule has 7 atom stereocenters. The molecule has 0 aromatic heterocycles. The lowest BCUT2D eigenvalue weighted by Gasteiger charge is -2.63. The number of hydrogen-bond acceptors (Lipinski definition) is 3. The molecule has 23 heavy (non-hydrogen) atoms. The fourth-order valence-electron chi connectivity index (χ4n) is 7.20. The summed E-state index contributed by atoms with van der Waals surface area (Å²) in [4.78, 5) is 0. The van der Waals surface area contributed by atoms with Gasteiger partial charge in [0.25, 0.3) is 0 Å². The molecule has 4 rings (SSSR count). The van der Waals surface area contributed by atoms with Gasteiger partial charge in [-0.05, 0) is 55.3 Å². The highest BCUT2D eigenvalue weighted by atomic mass is 16.6. The van der Waals surface area contributed by atoms with Crippen LogP contribution < -0.4 is 0 Å². The van der Waals surface area contributed by atoms with Gasteiger partial charge in [-0.25, -0.2) is 0 Å². The highest BCUT2D eigenvalue weighted by Gasteiger charge is 2.82. The Labute approximate surface area is 140 Å². The molecule has 2 N–H and O–H groups in total. The van der Waals surface area contributed by atoms with E-state index in [2.05, 4.69) is 27.4 Å². The van der Waals surface area contributed by atoms with Crippen molar-refractivity contribution in [2.24, 2.45) is 22.2 Å². The molecule has 1 heterocycles. The molecule has 1 aliphatic heterocycles. The Balaban J connectivity index is 1.77. The van der Waals surface area contributed by atoms with Gasteiger partial charge >= 0.3 is 0 Å². The standard InChI is InChI=1S/C20H32O3/c1-5-16(2)11-15-20(23-15)18(4)9-6-8-17(3,13-21)14(18)7-10-19(20,22)12-16/h5,14-15,21-22H,1,6-13H2,2-4H3/t14-,15-,16-,17+,18-,19-,20+/m1/s1.